The fraction of sp³-hybridized carbons (Fsp3) is 0.286. The van der Waals surface area contributed by atoms with Crippen molar-refractivity contribution in [3.05, 3.63) is 60.2 Å². The molecule has 0 heterocycles. The first-order valence-corrected chi connectivity index (χ1v) is 11.5. The third-order valence-electron chi connectivity index (χ3n) is 3.99. The van der Waals surface area contributed by atoms with Crippen LogP contribution in [0.2, 0.25) is 0 Å². The standard InChI is InChI=1S/C21H27N5O7S/c1-21(2,3)33-19(28)25-34(31,32)23-13-15-9-11-16(12-10-15)24-18(27)22-14-26(20(29)30)17-7-5-4-6-8-17/h4-12,23H,13-14H2,1-3H3,(H,25,28)(H,29,30)(H2,22,24,27). The molecule has 0 saturated carbocycles. The molecule has 2 aromatic rings. The summed E-state index contributed by atoms with van der Waals surface area (Å²) in [5.74, 6) is 0. The Kier molecular flexibility index (Phi) is 8.81. The highest BCUT2D eigenvalue weighted by Crippen LogP contribution is 2.13. The van der Waals surface area contributed by atoms with Crippen molar-refractivity contribution in [2.75, 3.05) is 16.9 Å². The zero-order valence-corrected chi connectivity index (χ0v) is 19.7. The Balaban J connectivity index is 1.84. The van der Waals surface area contributed by atoms with Crippen LogP contribution in [0.1, 0.15) is 26.3 Å². The van der Waals surface area contributed by atoms with Crippen molar-refractivity contribution >= 4 is 39.8 Å². The second-order valence-corrected chi connectivity index (χ2v) is 9.46. The number of rotatable bonds is 8. The lowest BCUT2D eigenvalue weighted by molar-refractivity contribution is 0.0569. The SMILES string of the molecule is CC(C)(C)OC(=O)NS(=O)(=O)NCc1ccc(NC(=O)NCN(C(=O)O)c2ccccc2)cc1. The molecular formula is C21H27N5O7S. The zero-order valence-electron chi connectivity index (χ0n) is 18.9. The third-order valence-corrected chi connectivity index (χ3v) is 4.95. The highest BCUT2D eigenvalue weighted by Gasteiger charge is 2.21. The first kappa shape index (κ1) is 26.4. The number of hydrogen-bond donors (Lipinski definition) is 5. The van der Waals surface area contributed by atoms with E-state index in [1.54, 1.807) is 68.0 Å². The molecule has 0 bridgehead atoms. The molecule has 0 spiro atoms. The fourth-order valence-electron chi connectivity index (χ4n) is 2.53. The van der Waals surface area contributed by atoms with E-state index in [1.165, 1.54) is 12.1 Å². The van der Waals surface area contributed by atoms with Gasteiger partial charge in [0.25, 0.3) is 0 Å². The van der Waals surface area contributed by atoms with Crippen LogP contribution in [0.25, 0.3) is 0 Å². The van der Waals surface area contributed by atoms with E-state index in [0.29, 0.717) is 16.9 Å². The van der Waals surface area contributed by atoms with Crippen molar-refractivity contribution in [1.82, 2.24) is 14.8 Å². The molecule has 0 aliphatic rings. The zero-order chi connectivity index (χ0) is 25.4. The number of ether oxygens (including phenoxy) is 1. The number of benzene rings is 2. The monoisotopic (exact) mass is 493 g/mol. The highest BCUT2D eigenvalue weighted by atomic mass is 32.2. The van der Waals surface area contributed by atoms with Crippen molar-refractivity contribution in [3.8, 4) is 0 Å². The fourth-order valence-corrected chi connectivity index (χ4v) is 3.22. The summed E-state index contributed by atoms with van der Waals surface area (Å²) < 4.78 is 32.8. The number of anilines is 2. The van der Waals surface area contributed by atoms with Crippen LogP contribution in [0.5, 0.6) is 0 Å². The molecule has 2 rings (SSSR count). The molecule has 0 saturated heterocycles. The molecule has 0 aliphatic carbocycles. The van der Waals surface area contributed by atoms with Gasteiger partial charge in [-0.1, -0.05) is 30.3 Å². The van der Waals surface area contributed by atoms with E-state index >= 15 is 0 Å². The van der Waals surface area contributed by atoms with Gasteiger partial charge in [0.05, 0.1) is 0 Å². The van der Waals surface area contributed by atoms with E-state index in [4.69, 9.17) is 4.74 Å². The van der Waals surface area contributed by atoms with Crippen LogP contribution in [0.4, 0.5) is 25.8 Å². The van der Waals surface area contributed by atoms with Gasteiger partial charge >= 0.3 is 28.4 Å². The number of carbonyl (C=O) groups excluding carboxylic acids is 2. The molecule has 0 radical (unpaired) electrons. The van der Waals surface area contributed by atoms with Crippen molar-refractivity contribution in [3.63, 3.8) is 0 Å². The summed E-state index contributed by atoms with van der Waals surface area (Å²) in [4.78, 5) is 36.1. The maximum atomic E-state index is 12.1. The van der Waals surface area contributed by atoms with Gasteiger partial charge in [0.1, 0.15) is 12.3 Å². The number of para-hydroxylation sites is 1. The van der Waals surface area contributed by atoms with E-state index < -0.39 is 34.0 Å². The van der Waals surface area contributed by atoms with Crippen molar-refractivity contribution < 1.29 is 32.6 Å². The summed E-state index contributed by atoms with van der Waals surface area (Å²) in [5, 5.41) is 14.4. The highest BCUT2D eigenvalue weighted by molar-refractivity contribution is 7.88. The Hall–Kier alpha value is -3.84. The summed E-state index contributed by atoms with van der Waals surface area (Å²) in [6.45, 7) is 4.43. The van der Waals surface area contributed by atoms with Gasteiger partial charge in [-0.05, 0) is 50.6 Å². The summed E-state index contributed by atoms with van der Waals surface area (Å²) in [7, 11) is -4.13. The molecule has 0 atom stereocenters. The molecule has 0 unspecified atom stereocenters. The van der Waals surface area contributed by atoms with Crippen LogP contribution >= 0.6 is 0 Å². The van der Waals surface area contributed by atoms with Crippen LogP contribution in [-0.4, -0.2) is 44.0 Å². The Bertz CT molecular complexity index is 1100. The molecule has 184 valence electrons. The van der Waals surface area contributed by atoms with E-state index in [1.807, 2.05) is 0 Å². The summed E-state index contributed by atoms with van der Waals surface area (Å²) in [5.41, 5.74) is 0.518. The number of hydrogen-bond acceptors (Lipinski definition) is 6. The Morgan fingerprint density at radius 3 is 2.18 bits per heavy atom. The number of nitrogens with zero attached hydrogens (tertiary/aromatic N) is 1. The third kappa shape index (κ3) is 9.34. The molecule has 2 aromatic carbocycles. The second kappa shape index (κ2) is 11.3. The normalized spacial score (nSPS) is 11.3. The van der Waals surface area contributed by atoms with Gasteiger partial charge in [0, 0.05) is 17.9 Å². The smallest absolute Gasteiger partial charge is 0.422 e. The van der Waals surface area contributed by atoms with Gasteiger partial charge in [-0.3, -0.25) is 4.90 Å². The molecule has 0 aromatic heterocycles. The van der Waals surface area contributed by atoms with Crippen LogP contribution in [0, 0.1) is 0 Å². The first-order chi connectivity index (χ1) is 15.8. The first-order valence-electron chi connectivity index (χ1n) is 10.0. The molecule has 13 heteroatoms. The predicted octanol–water partition coefficient (Wildman–Crippen LogP) is 2.81. The Labute approximate surface area is 197 Å². The van der Waals surface area contributed by atoms with Gasteiger partial charge in [0.2, 0.25) is 0 Å². The van der Waals surface area contributed by atoms with Crippen molar-refractivity contribution in [2.45, 2.75) is 32.9 Å². The summed E-state index contributed by atoms with van der Waals surface area (Å²) in [6.07, 6.45) is -2.32. The summed E-state index contributed by atoms with van der Waals surface area (Å²) in [6, 6.07) is 13.9. The molecule has 4 amide bonds. The van der Waals surface area contributed by atoms with Crippen LogP contribution < -0.4 is 25.0 Å². The Morgan fingerprint density at radius 2 is 1.62 bits per heavy atom. The van der Waals surface area contributed by atoms with E-state index in [2.05, 4.69) is 15.4 Å². The lowest BCUT2D eigenvalue weighted by atomic mass is 10.2. The van der Waals surface area contributed by atoms with Crippen molar-refractivity contribution in [2.24, 2.45) is 0 Å². The van der Waals surface area contributed by atoms with Crippen molar-refractivity contribution in [1.29, 1.82) is 0 Å². The molecule has 0 aliphatic heterocycles. The van der Waals surface area contributed by atoms with E-state index in [0.717, 1.165) is 4.90 Å². The molecule has 34 heavy (non-hydrogen) atoms. The van der Waals surface area contributed by atoms with Gasteiger partial charge in [0.15, 0.2) is 0 Å². The van der Waals surface area contributed by atoms with Gasteiger partial charge in [-0.2, -0.15) is 13.1 Å². The van der Waals surface area contributed by atoms with Crippen LogP contribution in [0.15, 0.2) is 54.6 Å². The lowest BCUT2D eigenvalue weighted by Gasteiger charge is -2.20. The topological polar surface area (TPSA) is 166 Å². The van der Waals surface area contributed by atoms with Gasteiger partial charge in [-0.15, -0.1) is 0 Å². The molecular weight excluding hydrogens is 466 g/mol. The minimum Gasteiger partial charge on any atom is -0.465 e. The number of carbonyl (C=O) groups is 3. The maximum Gasteiger partial charge on any atom is 0.422 e. The molecule has 0 fully saturated rings. The van der Waals surface area contributed by atoms with E-state index in [9.17, 15) is 27.9 Å². The minimum atomic E-state index is -4.13. The largest absolute Gasteiger partial charge is 0.465 e. The van der Waals surface area contributed by atoms with E-state index in [-0.39, 0.29) is 13.2 Å². The number of amides is 4. The predicted molar refractivity (Wildman–Crippen MR) is 126 cm³/mol. The number of carboxylic acid groups (broad SMARTS) is 1. The average Bonchev–Trinajstić information content (AvgIpc) is 2.72. The van der Waals surface area contributed by atoms with Crippen LogP contribution in [-0.2, 0) is 21.5 Å². The quantitative estimate of drug-likeness (QED) is 0.353. The number of nitrogens with one attached hydrogen (secondary N) is 4. The minimum absolute atomic E-state index is 0.116. The Morgan fingerprint density at radius 1 is 1.00 bits per heavy atom. The maximum absolute atomic E-state index is 12.1. The number of urea groups is 1. The van der Waals surface area contributed by atoms with Gasteiger partial charge < -0.3 is 20.5 Å². The molecule has 12 nitrogen and oxygen atoms in total. The summed E-state index contributed by atoms with van der Waals surface area (Å²) >= 11 is 0. The molecule has 5 N–H and O–H groups in total. The lowest BCUT2D eigenvalue weighted by Crippen LogP contribution is -2.42. The second-order valence-electron chi connectivity index (χ2n) is 7.96. The van der Waals surface area contributed by atoms with Gasteiger partial charge in [-0.25, -0.2) is 19.1 Å². The average molecular weight is 494 g/mol. The van der Waals surface area contributed by atoms with Crippen LogP contribution in [0.3, 0.4) is 0 Å².